The normalized spacial score (nSPS) is 16.5. The molecule has 0 saturated carbocycles. The molecule has 0 radical (unpaired) electrons. The lowest BCUT2D eigenvalue weighted by atomic mass is 10.0. The largest absolute Gasteiger partial charge is 0.508 e. The first-order valence-corrected chi connectivity index (χ1v) is 5.38. The van der Waals surface area contributed by atoms with Crippen molar-refractivity contribution in [1.29, 1.82) is 0 Å². The molecule has 1 aromatic carbocycles. The van der Waals surface area contributed by atoms with Crippen LogP contribution in [0, 0.1) is 5.92 Å². The van der Waals surface area contributed by atoms with Gasteiger partial charge in [-0.15, -0.1) is 0 Å². The molecular weight excluding hydrogens is 206 g/mol. The first kappa shape index (κ1) is 12.8. The smallest absolute Gasteiger partial charge is 0.128 e. The predicted octanol–water partition coefficient (Wildman–Crippen LogP) is 1.12. The van der Waals surface area contributed by atoms with Gasteiger partial charge in [0.25, 0.3) is 0 Å². The SMILES string of the molecule is CC(O)C(Oc1ccc(O)cc1)C(C)CN. The Labute approximate surface area is 95.7 Å². The van der Waals surface area contributed by atoms with Crippen molar-refractivity contribution >= 4 is 0 Å². The molecule has 0 aromatic heterocycles. The standard InChI is InChI=1S/C12H19NO3/c1-8(7-13)12(9(2)14)16-11-5-3-10(15)4-6-11/h3-6,8-9,12,14-15H,7,13H2,1-2H3. The van der Waals surface area contributed by atoms with Crippen LogP contribution in [-0.4, -0.2) is 29.0 Å². The Morgan fingerprint density at radius 2 is 1.81 bits per heavy atom. The number of aromatic hydroxyl groups is 1. The summed E-state index contributed by atoms with van der Waals surface area (Å²) in [5, 5.41) is 18.7. The second-order valence-corrected chi connectivity index (χ2v) is 4.03. The second-order valence-electron chi connectivity index (χ2n) is 4.03. The zero-order valence-corrected chi connectivity index (χ0v) is 9.63. The van der Waals surface area contributed by atoms with Gasteiger partial charge in [-0.1, -0.05) is 6.92 Å². The molecule has 0 fully saturated rings. The van der Waals surface area contributed by atoms with Crippen molar-refractivity contribution in [3.63, 3.8) is 0 Å². The number of rotatable bonds is 5. The minimum Gasteiger partial charge on any atom is -0.508 e. The summed E-state index contributed by atoms with van der Waals surface area (Å²) in [6.45, 7) is 4.06. The number of aliphatic hydroxyl groups excluding tert-OH is 1. The van der Waals surface area contributed by atoms with Gasteiger partial charge in [0.1, 0.15) is 17.6 Å². The monoisotopic (exact) mass is 225 g/mol. The predicted molar refractivity (Wildman–Crippen MR) is 62.4 cm³/mol. The minimum atomic E-state index is -0.590. The summed E-state index contributed by atoms with van der Waals surface area (Å²) in [6.07, 6.45) is -0.929. The lowest BCUT2D eigenvalue weighted by Gasteiger charge is -2.26. The van der Waals surface area contributed by atoms with Crippen molar-refractivity contribution < 1.29 is 14.9 Å². The summed E-state index contributed by atoms with van der Waals surface area (Å²) < 4.78 is 5.64. The number of phenolic OH excluding ortho intramolecular Hbond substituents is 1. The van der Waals surface area contributed by atoms with Crippen LogP contribution in [0.25, 0.3) is 0 Å². The molecule has 4 nitrogen and oxygen atoms in total. The van der Waals surface area contributed by atoms with E-state index >= 15 is 0 Å². The van der Waals surface area contributed by atoms with E-state index in [9.17, 15) is 5.11 Å². The highest BCUT2D eigenvalue weighted by Gasteiger charge is 2.23. The summed E-state index contributed by atoms with van der Waals surface area (Å²) in [4.78, 5) is 0. The maximum atomic E-state index is 9.60. The highest BCUT2D eigenvalue weighted by molar-refractivity contribution is 5.30. The van der Waals surface area contributed by atoms with Gasteiger partial charge in [0, 0.05) is 5.92 Å². The van der Waals surface area contributed by atoms with Gasteiger partial charge in [-0.2, -0.15) is 0 Å². The molecule has 0 bridgehead atoms. The average Bonchev–Trinajstić information content (AvgIpc) is 2.27. The molecule has 1 aromatic rings. The van der Waals surface area contributed by atoms with Crippen LogP contribution in [0.1, 0.15) is 13.8 Å². The van der Waals surface area contributed by atoms with Crippen LogP contribution in [0.2, 0.25) is 0 Å². The maximum Gasteiger partial charge on any atom is 0.128 e. The fraction of sp³-hybridized carbons (Fsp3) is 0.500. The van der Waals surface area contributed by atoms with E-state index in [0.29, 0.717) is 12.3 Å². The van der Waals surface area contributed by atoms with E-state index in [1.807, 2.05) is 6.92 Å². The van der Waals surface area contributed by atoms with Gasteiger partial charge < -0.3 is 20.7 Å². The Hall–Kier alpha value is -1.26. The van der Waals surface area contributed by atoms with E-state index in [4.69, 9.17) is 15.6 Å². The van der Waals surface area contributed by atoms with Crippen LogP contribution < -0.4 is 10.5 Å². The highest BCUT2D eigenvalue weighted by atomic mass is 16.5. The molecule has 0 aliphatic carbocycles. The Morgan fingerprint density at radius 1 is 1.25 bits per heavy atom. The van der Waals surface area contributed by atoms with Crippen LogP contribution in [0.3, 0.4) is 0 Å². The Morgan fingerprint density at radius 3 is 2.25 bits per heavy atom. The van der Waals surface area contributed by atoms with Crippen LogP contribution >= 0.6 is 0 Å². The van der Waals surface area contributed by atoms with Gasteiger partial charge in [-0.25, -0.2) is 0 Å². The van der Waals surface area contributed by atoms with Gasteiger partial charge in [0.15, 0.2) is 0 Å². The quantitative estimate of drug-likeness (QED) is 0.701. The number of aliphatic hydroxyl groups is 1. The van der Waals surface area contributed by atoms with E-state index in [0.717, 1.165) is 0 Å². The molecule has 0 aliphatic rings. The number of nitrogens with two attached hydrogens (primary N) is 1. The summed E-state index contributed by atoms with van der Waals surface area (Å²) in [7, 11) is 0. The number of phenols is 1. The van der Waals surface area contributed by atoms with E-state index < -0.39 is 6.10 Å². The third kappa shape index (κ3) is 3.40. The molecule has 4 heteroatoms. The molecule has 3 atom stereocenters. The molecule has 3 unspecified atom stereocenters. The molecule has 16 heavy (non-hydrogen) atoms. The Bertz CT molecular complexity index is 311. The van der Waals surface area contributed by atoms with Crippen molar-refractivity contribution in [2.45, 2.75) is 26.1 Å². The van der Waals surface area contributed by atoms with E-state index in [-0.39, 0.29) is 17.8 Å². The third-order valence-electron chi connectivity index (χ3n) is 2.52. The topological polar surface area (TPSA) is 75.7 Å². The number of hydrogen-bond acceptors (Lipinski definition) is 4. The van der Waals surface area contributed by atoms with Crippen LogP contribution in [0.15, 0.2) is 24.3 Å². The van der Waals surface area contributed by atoms with Crippen LogP contribution in [0.5, 0.6) is 11.5 Å². The van der Waals surface area contributed by atoms with Crippen LogP contribution in [0.4, 0.5) is 0 Å². The van der Waals surface area contributed by atoms with Crippen molar-refractivity contribution in [3.05, 3.63) is 24.3 Å². The molecule has 0 spiro atoms. The lowest BCUT2D eigenvalue weighted by Crippen LogP contribution is -2.39. The summed E-state index contributed by atoms with van der Waals surface area (Å²) in [5.74, 6) is 0.866. The number of hydrogen-bond donors (Lipinski definition) is 3. The third-order valence-corrected chi connectivity index (χ3v) is 2.52. The fourth-order valence-electron chi connectivity index (χ4n) is 1.51. The van der Waals surface area contributed by atoms with Crippen molar-refractivity contribution in [1.82, 2.24) is 0 Å². The van der Waals surface area contributed by atoms with Crippen molar-refractivity contribution in [2.24, 2.45) is 11.7 Å². The molecular formula is C12H19NO3. The highest BCUT2D eigenvalue weighted by Crippen LogP contribution is 2.20. The van der Waals surface area contributed by atoms with Gasteiger partial charge >= 0.3 is 0 Å². The van der Waals surface area contributed by atoms with Crippen LogP contribution in [-0.2, 0) is 0 Å². The summed E-state index contributed by atoms with van der Waals surface area (Å²) >= 11 is 0. The van der Waals surface area contributed by atoms with E-state index in [2.05, 4.69) is 0 Å². The second kappa shape index (κ2) is 5.72. The molecule has 4 N–H and O–H groups in total. The van der Waals surface area contributed by atoms with Gasteiger partial charge in [0.2, 0.25) is 0 Å². The first-order valence-electron chi connectivity index (χ1n) is 5.38. The van der Waals surface area contributed by atoms with Crippen molar-refractivity contribution in [3.8, 4) is 11.5 Å². The van der Waals surface area contributed by atoms with Crippen molar-refractivity contribution in [2.75, 3.05) is 6.54 Å². The van der Waals surface area contributed by atoms with E-state index in [1.54, 1.807) is 31.2 Å². The molecule has 0 amide bonds. The van der Waals surface area contributed by atoms with Gasteiger partial charge in [-0.3, -0.25) is 0 Å². The molecule has 0 saturated heterocycles. The Balaban J connectivity index is 2.71. The number of ether oxygens (including phenoxy) is 1. The van der Waals surface area contributed by atoms with Gasteiger partial charge in [-0.05, 0) is 37.7 Å². The van der Waals surface area contributed by atoms with Gasteiger partial charge in [0.05, 0.1) is 6.10 Å². The maximum absolute atomic E-state index is 9.60. The van der Waals surface area contributed by atoms with E-state index in [1.165, 1.54) is 0 Å². The molecule has 1 rings (SSSR count). The fourth-order valence-corrected chi connectivity index (χ4v) is 1.51. The molecule has 90 valence electrons. The lowest BCUT2D eigenvalue weighted by molar-refractivity contribution is 0.0178. The average molecular weight is 225 g/mol. The Kier molecular flexibility index (Phi) is 4.58. The molecule has 0 heterocycles. The summed E-state index contributed by atoms with van der Waals surface area (Å²) in [5.41, 5.74) is 5.56. The number of benzene rings is 1. The zero-order valence-electron chi connectivity index (χ0n) is 9.63. The minimum absolute atomic E-state index is 0.0637. The zero-order chi connectivity index (χ0) is 12.1. The molecule has 0 aliphatic heterocycles. The summed E-state index contributed by atoms with van der Waals surface area (Å²) in [6, 6.07) is 6.41. The first-order chi connectivity index (χ1) is 7.54.